The van der Waals surface area contributed by atoms with Gasteiger partial charge in [0.25, 0.3) is 0 Å². The van der Waals surface area contributed by atoms with E-state index in [0.29, 0.717) is 0 Å². The van der Waals surface area contributed by atoms with Gasteiger partial charge in [-0.3, -0.25) is 4.21 Å². The first-order valence-corrected chi connectivity index (χ1v) is 4.44. The van der Waals surface area contributed by atoms with E-state index in [-0.39, 0.29) is 5.37 Å². The molecule has 0 fully saturated rings. The molecule has 0 saturated heterocycles. The molecule has 0 amide bonds. The van der Waals surface area contributed by atoms with Gasteiger partial charge in [0.1, 0.15) is 5.37 Å². The minimum atomic E-state index is -0.752. The molecule has 0 radical (unpaired) electrons. The zero-order chi connectivity index (χ0) is 6.69. The maximum Gasteiger partial charge on any atom is 0.106 e. The summed E-state index contributed by atoms with van der Waals surface area (Å²) in [7, 11) is -0.752. The van der Waals surface area contributed by atoms with Crippen LogP contribution < -0.4 is 5.32 Å². The summed E-state index contributed by atoms with van der Waals surface area (Å²) in [6, 6.07) is 0. The van der Waals surface area contributed by atoms with Crippen molar-refractivity contribution >= 4 is 10.8 Å². The third-order valence-corrected chi connectivity index (χ3v) is 2.65. The van der Waals surface area contributed by atoms with E-state index in [0.717, 1.165) is 12.8 Å². The van der Waals surface area contributed by atoms with Crippen molar-refractivity contribution in [3.05, 3.63) is 11.6 Å². The Bertz CT molecular complexity index is 144. The molecule has 52 valence electrons. The van der Waals surface area contributed by atoms with Crippen LogP contribution >= 0.6 is 0 Å². The fourth-order valence-electron chi connectivity index (χ4n) is 0.837. The van der Waals surface area contributed by atoms with Crippen LogP contribution in [-0.4, -0.2) is 9.58 Å². The normalized spacial score (nSPS) is 32.6. The molecule has 2 atom stereocenters. The van der Waals surface area contributed by atoms with Gasteiger partial charge in [-0.2, -0.15) is 0 Å². The van der Waals surface area contributed by atoms with Crippen LogP contribution in [0.1, 0.15) is 19.8 Å². The van der Waals surface area contributed by atoms with Gasteiger partial charge >= 0.3 is 0 Å². The van der Waals surface area contributed by atoms with E-state index < -0.39 is 10.8 Å². The number of nitrogens with one attached hydrogen (secondary N) is 1. The lowest BCUT2D eigenvalue weighted by Crippen LogP contribution is -2.22. The van der Waals surface area contributed by atoms with Gasteiger partial charge in [-0.25, -0.2) is 0 Å². The molecule has 1 heterocycles. The third-order valence-electron chi connectivity index (χ3n) is 1.32. The maximum absolute atomic E-state index is 10.9. The van der Waals surface area contributed by atoms with Gasteiger partial charge in [-0.1, -0.05) is 13.3 Å². The smallest absolute Gasteiger partial charge is 0.106 e. The molecule has 0 spiro atoms. The highest BCUT2D eigenvalue weighted by Crippen LogP contribution is 2.07. The van der Waals surface area contributed by atoms with E-state index >= 15 is 0 Å². The molecule has 0 aliphatic carbocycles. The average Bonchev–Trinajstić information content (AvgIpc) is 2.18. The molecule has 0 aromatic heterocycles. The Kier molecular flexibility index (Phi) is 2.28. The molecule has 0 bridgehead atoms. The molecular formula is C6H11NOS. The van der Waals surface area contributed by atoms with Crippen LogP contribution in [0.25, 0.3) is 0 Å². The zero-order valence-electron chi connectivity index (χ0n) is 5.46. The van der Waals surface area contributed by atoms with Gasteiger partial charge < -0.3 is 5.32 Å². The Labute approximate surface area is 57.8 Å². The van der Waals surface area contributed by atoms with E-state index in [2.05, 4.69) is 12.2 Å². The monoisotopic (exact) mass is 145 g/mol. The summed E-state index contributed by atoms with van der Waals surface area (Å²) in [5, 5.41) is 4.93. The van der Waals surface area contributed by atoms with Gasteiger partial charge in [-0.15, -0.1) is 0 Å². The lowest BCUT2D eigenvalue weighted by Gasteiger charge is -2.06. The van der Waals surface area contributed by atoms with Gasteiger partial charge in [0, 0.05) is 11.6 Å². The topological polar surface area (TPSA) is 29.1 Å². The molecule has 3 heteroatoms. The molecule has 1 aliphatic heterocycles. The van der Waals surface area contributed by atoms with Crippen LogP contribution in [0, 0.1) is 0 Å². The molecule has 1 aliphatic rings. The summed E-state index contributed by atoms with van der Waals surface area (Å²) >= 11 is 0. The Hall–Kier alpha value is -0.310. The Morgan fingerprint density at radius 1 is 1.78 bits per heavy atom. The van der Waals surface area contributed by atoms with Crippen LogP contribution in [0.2, 0.25) is 0 Å². The minimum absolute atomic E-state index is 0.190. The molecule has 0 aromatic carbocycles. The van der Waals surface area contributed by atoms with E-state index in [4.69, 9.17) is 0 Å². The van der Waals surface area contributed by atoms with Crippen molar-refractivity contribution in [3.63, 3.8) is 0 Å². The average molecular weight is 145 g/mol. The van der Waals surface area contributed by atoms with Crippen LogP contribution in [0.3, 0.4) is 0 Å². The van der Waals surface area contributed by atoms with Crippen LogP contribution in [0.4, 0.5) is 0 Å². The second kappa shape index (κ2) is 3.01. The van der Waals surface area contributed by atoms with Gasteiger partial charge in [0.05, 0.1) is 10.8 Å². The summed E-state index contributed by atoms with van der Waals surface area (Å²) in [6.45, 7) is 2.09. The first-order chi connectivity index (χ1) is 4.34. The highest BCUT2D eigenvalue weighted by Gasteiger charge is 2.14. The number of hydrogen-bond donors (Lipinski definition) is 1. The molecule has 2 unspecified atom stereocenters. The molecule has 9 heavy (non-hydrogen) atoms. The highest BCUT2D eigenvalue weighted by molar-refractivity contribution is 7.88. The summed E-state index contributed by atoms with van der Waals surface area (Å²) in [4.78, 5) is 0. The summed E-state index contributed by atoms with van der Waals surface area (Å²) in [6.07, 6.45) is 3.86. The van der Waals surface area contributed by atoms with Crippen molar-refractivity contribution in [2.24, 2.45) is 0 Å². The molecule has 0 saturated carbocycles. The predicted molar refractivity (Wildman–Crippen MR) is 39.1 cm³/mol. The predicted octanol–water partition coefficient (Wildman–Crippen LogP) is 0.936. The van der Waals surface area contributed by atoms with Crippen molar-refractivity contribution < 1.29 is 4.21 Å². The minimum Gasteiger partial charge on any atom is -0.376 e. The van der Waals surface area contributed by atoms with E-state index in [1.54, 1.807) is 11.6 Å². The molecule has 2 nitrogen and oxygen atoms in total. The van der Waals surface area contributed by atoms with Crippen molar-refractivity contribution in [1.29, 1.82) is 0 Å². The third kappa shape index (κ3) is 1.55. The fraction of sp³-hybridized carbons (Fsp3) is 0.667. The molecule has 1 N–H and O–H groups in total. The summed E-state index contributed by atoms with van der Waals surface area (Å²) in [5.41, 5.74) is 0. The first kappa shape index (κ1) is 6.81. The fourth-order valence-corrected chi connectivity index (χ4v) is 1.92. The highest BCUT2D eigenvalue weighted by atomic mass is 32.2. The van der Waals surface area contributed by atoms with Crippen molar-refractivity contribution in [1.82, 2.24) is 5.32 Å². The summed E-state index contributed by atoms with van der Waals surface area (Å²) in [5.74, 6) is 0. The van der Waals surface area contributed by atoms with Crippen molar-refractivity contribution in [2.75, 3.05) is 0 Å². The summed E-state index contributed by atoms with van der Waals surface area (Å²) < 4.78 is 10.9. The molecular weight excluding hydrogens is 134 g/mol. The molecule has 1 rings (SSSR count). The number of hydrogen-bond acceptors (Lipinski definition) is 2. The van der Waals surface area contributed by atoms with Crippen molar-refractivity contribution in [2.45, 2.75) is 25.1 Å². The lowest BCUT2D eigenvalue weighted by molar-refractivity contribution is 0.643. The lowest BCUT2D eigenvalue weighted by atomic mass is 10.3. The van der Waals surface area contributed by atoms with E-state index in [1.807, 2.05) is 0 Å². The quantitative estimate of drug-likeness (QED) is 0.626. The first-order valence-electron chi connectivity index (χ1n) is 3.16. The largest absolute Gasteiger partial charge is 0.376 e. The standard InChI is InChI=1S/C6H11NOS/c1-2-3-6-7-4-5-9(6)8/h4-7H,2-3H2,1H3. The zero-order valence-corrected chi connectivity index (χ0v) is 6.28. The van der Waals surface area contributed by atoms with Crippen LogP contribution in [-0.2, 0) is 10.8 Å². The second-order valence-corrected chi connectivity index (χ2v) is 3.57. The van der Waals surface area contributed by atoms with Crippen LogP contribution in [0.5, 0.6) is 0 Å². The Morgan fingerprint density at radius 3 is 3.00 bits per heavy atom. The Balaban J connectivity index is 2.37. The second-order valence-electron chi connectivity index (χ2n) is 2.08. The number of rotatable bonds is 2. The van der Waals surface area contributed by atoms with Gasteiger partial charge in [-0.05, 0) is 6.42 Å². The van der Waals surface area contributed by atoms with Gasteiger partial charge in [0.15, 0.2) is 0 Å². The van der Waals surface area contributed by atoms with E-state index in [1.165, 1.54) is 0 Å². The van der Waals surface area contributed by atoms with Crippen LogP contribution in [0.15, 0.2) is 11.6 Å². The van der Waals surface area contributed by atoms with Crippen molar-refractivity contribution in [3.8, 4) is 0 Å². The molecule has 0 aromatic rings. The SMILES string of the molecule is CCCC1NC=CS1=O. The van der Waals surface area contributed by atoms with E-state index in [9.17, 15) is 4.21 Å². The van der Waals surface area contributed by atoms with Gasteiger partial charge in [0.2, 0.25) is 0 Å². The Morgan fingerprint density at radius 2 is 2.56 bits per heavy atom. The maximum atomic E-state index is 10.9.